The Bertz CT molecular complexity index is 993. The van der Waals surface area contributed by atoms with Gasteiger partial charge in [0, 0.05) is 32.4 Å². The van der Waals surface area contributed by atoms with Crippen molar-refractivity contribution >= 4 is 23.1 Å². The van der Waals surface area contributed by atoms with Crippen LogP contribution in [-0.4, -0.2) is 46.1 Å². The van der Waals surface area contributed by atoms with Gasteiger partial charge in [-0.25, -0.2) is 15.0 Å². The fourth-order valence-electron chi connectivity index (χ4n) is 3.59. The number of nitrogens with zero attached hydrogens (tertiary/aromatic N) is 6. The molecule has 3 heterocycles. The highest BCUT2D eigenvalue weighted by Gasteiger charge is 2.30. The molecule has 9 nitrogen and oxygen atoms in total. The Morgan fingerprint density at radius 2 is 1.67 bits per heavy atom. The van der Waals surface area contributed by atoms with Gasteiger partial charge in [0.15, 0.2) is 0 Å². The second kappa shape index (κ2) is 8.73. The molecule has 1 unspecified atom stereocenters. The minimum atomic E-state index is -0.402. The molecule has 9 heteroatoms. The van der Waals surface area contributed by atoms with Crippen LogP contribution in [0.5, 0.6) is 0 Å². The SMILES string of the molecule is CC(Nc1ncnc(N2CCN(c3ccccn3)CC2)c1[N+](=O)[O-])c1ccccc1. The van der Waals surface area contributed by atoms with E-state index in [2.05, 4.69) is 25.2 Å². The zero-order valence-electron chi connectivity index (χ0n) is 16.7. The number of pyridine rings is 1. The molecular formula is C21H23N7O2. The number of nitro groups is 1. The Morgan fingerprint density at radius 1 is 0.967 bits per heavy atom. The van der Waals surface area contributed by atoms with E-state index in [-0.39, 0.29) is 17.5 Å². The van der Waals surface area contributed by atoms with E-state index in [1.165, 1.54) is 6.33 Å². The molecule has 2 aromatic heterocycles. The van der Waals surface area contributed by atoms with Crippen LogP contribution in [0.25, 0.3) is 0 Å². The maximum absolute atomic E-state index is 11.9. The third-order valence-electron chi connectivity index (χ3n) is 5.19. The molecule has 0 saturated carbocycles. The van der Waals surface area contributed by atoms with E-state index >= 15 is 0 Å². The number of hydrogen-bond donors (Lipinski definition) is 1. The van der Waals surface area contributed by atoms with Gasteiger partial charge < -0.3 is 15.1 Å². The minimum Gasteiger partial charge on any atom is -0.358 e. The summed E-state index contributed by atoms with van der Waals surface area (Å²) in [5.74, 6) is 1.49. The van der Waals surface area contributed by atoms with Gasteiger partial charge in [0.2, 0.25) is 11.6 Å². The lowest BCUT2D eigenvalue weighted by molar-refractivity contribution is -0.383. The number of rotatable bonds is 6. The first-order valence-corrected chi connectivity index (χ1v) is 9.85. The summed E-state index contributed by atoms with van der Waals surface area (Å²) in [6.45, 7) is 4.60. The Morgan fingerprint density at radius 3 is 2.33 bits per heavy atom. The van der Waals surface area contributed by atoms with Gasteiger partial charge in [-0.3, -0.25) is 10.1 Å². The molecule has 1 aliphatic rings. The monoisotopic (exact) mass is 405 g/mol. The van der Waals surface area contributed by atoms with Crippen molar-refractivity contribution in [3.05, 3.63) is 76.7 Å². The van der Waals surface area contributed by atoms with Crippen LogP contribution >= 0.6 is 0 Å². The third-order valence-corrected chi connectivity index (χ3v) is 5.19. The molecule has 4 rings (SSSR count). The third kappa shape index (κ3) is 4.14. The molecule has 1 fully saturated rings. The smallest absolute Gasteiger partial charge is 0.353 e. The number of aromatic nitrogens is 3. The average Bonchev–Trinajstić information content (AvgIpc) is 2.80. The lowest BCUT2D eigenvalue weighted by Gasteiger charge is -2.35. The largest absolute Gasteiger partial charge is 0.358 e. The standard InChI is InChI=1S/C21H23N7O2/c1-16(17-7-3-2-4-8-17)25-20-19(28(29)30)21(24-15-23-20)27-13-11-26(12-14-27)18-9-5-6-10-22-18/h2-10,15-16H,11-14H2,1H3,(H,23,24,25). The molecule has 1 saturated heterocycles. The topological polar surface area (TPSA) is 100 Å². The highest BCUT2D eigenvalue weighted by Crippen LogP contribution is 2.34. The summed E-state index contributed by atoms with van der Waals surface area (Å²) in [6, 6.07) is 15.4. The van der Waals surface area contributed by atoms with Crippen LogP contribution in [0, 0.1) is 10.1 Å². The maximum Gasteiger partial charge on any atom is 0.353 e. The van der Waals surface area contributed by atoms with Gasteiger partial charge >= 0.3 is 5.69 Å². The predicted molar refractivity (Wildman–Crippen MR) is 116 cm³/mol. The van der Waals surface area contributed by atoms with Gasteiger partial charge in [-0.15, -0.1) is 0 Å². The van der Waals surface area contributed by atoms with Crippen LogP contribution in [-0.2, 0) is 0 Å². The summed E-state index contributed by atoms with van der Waals surface area (Å²) in [5.41, 5.74) is 0.933. The Kier molecular flexibility index (Phi) is 5.69. The van der Waals surface area contributed by atoms with Gasteiger partial charge in [-0.2, -0.15) is 0 Å². The summed E-state index contributed by atoms with van der Waals surface area (Å²) >= 11 is 0. The van der Waals surface area contributed by atoms with Crippen molar-refractivity contribution in [3.8, 4) is 0 Å². The maximum atomic E-state index is 11.9. The summed E-state index contributed by atoms with van der Waals surface area (Å²) in [7, 11) is 0. The second-order valence-electron chi connectivity index (χ2n) is 7.09. The Balaban J connectivity index is 1.54. The molecule has 1 aromatic carbocycles. The summed E-state index contributed by atoms with van der Waals surface area (Å²) in [5, 5.41) is 15.1. The highest BCUT2D eigenvalue weighted by molar-refractivity contribution is 5.71. The molecule has 154 valence electrons. The summed E-state index contributed by atoms with van der Waals surface area (Å²) in [4.78, 5) is 28.5. The predicted octanol–water partition coefficient (Wildman–Crippen LogP) is 3.28. The summed E-state index contributed by atoms with van der Waals surface area (Å²) < 4.78 is 0. The van der Waals surface area contributed by atoms with Crippen LogP contribution in [0.4, 0.5) is 23.1 Å². The number of hydrogen-bond acceptors (Lipinski definition) is 8. The van der Waals surface area contributed by atoms with E-state index < -0.39 is 4.92 Å². The minimum absolute atomic E-state index is 0.0911. The first-order chi connectivity index (χ1) is 14.6. The molecule has 0 radical (unpaired) electrons. The molecule has 0 spiro atoms. The highest BCUT2D eigenvalue weighted by atomic mass is 16.6. The van der Waals surface area contributed by atoms with E-state index in [0.717, 1.165) is 11.4 Å². The van der Waals surface area contributed by atoms with E-state index in [1.807, 2.05) is 60.4 Å². The lowest BCUT2D eigenvalue weighted by atomic mass is 10.1. The Hall–Kier alpha value is -3.75. The van der Waals surface area contributed by atoms with E-state index in [1.54, 1.807) is 6.20 Å². The number of anilines is 3. The van der Waals surface area contributed by atoms with Gasteiger partial charge in [-0.05, 0) is 24.6 Å². The van der Waals surface area contributed by atoms with Gasteiger partial charge in [0.05, 0.1) is 11.0 Å². The fourth-order valence-corrected chi connectivity index (χ4v) is 3.59. The van der Waals surface area contributed by atoms with Crippen molar-refractivity contribution in [1.82, 2.24) is 15.0 Å². The van der Waals surface area contributed by atoms with Crippen molar-refractivity contribution < 1.29 is 4.92 Å². The molecule has 30 heavy (non-hydrogen) atoms. The molecule has 1 aliphatic heterocycles. The second-order valence-corrected chi connectivity index (χ2v) is 7.09. The van der Waals surface area contributed by atoms with Crippen molar-refractivity contribution in [2.45, 2.75) is 13.0 Å². The zero-order chi connectivity index (χ0) is 20.9. The van der Waals surface area contributed by atoms with E-state index in [9.17, 15) is 10.1 Å². The molecule has 3 aromatic rings. The molecule has 0 bridgehead atoms. The van der Waals surface area contributed by atoms with Crippen molar-refractivity contribution in [2.75, 3.05) is 41.3 Å². The lowest BCUT2D eigenvalue weighted by Crippen LogP contribution is -2.47. The van der Waals surface area contributed by atoms with E-state index in [4.69, 9.17) is 0 Å². The van der Waals surface area contributed by atoms with Crippen molar-refractivity contribution in [3.63, 3.8) is 0 Å². The van der Waals surface area contributed by atoms with Crippen LogP contribution < -0.4 is 15.1 Å². The number of nitrogens with one attached hydrogen (secondary N) is 1. The van der Waals surface area contributed by atoms with E-state index in [0.29, 0.717) is 32.0 Å². The summed E-state index contributed by atoms with van der Waals surface area (Å²) in [6.07, 6.45) is 3.15. The molecular weight excluding hydrogens is 382 g/mol. The fraction of sp³-hybridized carbons (Fsp3) is 0.286. The van der Waals surface area contributed by atoms with Crippen LogP contribution in [0.2, 0.25) is 0 Å². The Labute approximate surface area is 174 Å². The normalized spacial score (nSPS) is 15.0. The number of benzene rings is 1. The first kappa shape index (κ1) is 19.6. The molecule has 0 aliphatic carbocycles. The van der Waals surface area contributed by atoms with Crippen molar-refractivity contribution in [1.29, 1.82) is 0 Å². The van der Waals surface area contributed by atoms with Gasteiger partial charge in [0.1, 0.15) is 12.1 Å². The van der Waals surface area contributed by atoms with Crippen LogP contribution in [0.1, 0.15) is 18.5 Å². The zero-order valence-corrected chi connectivity index (χ0v) is 16.7. The molecule has 1 N–H and O–H groups in total. The number of piperazine rings is 1. The molecule has 1 atom stereocenters. The average molecular weight is 405 g/mol. The first-order valence-electron chi connectivity index (χ1n) is 9.85. The van der Waals surface area contributed by atoms with Gasteiger partial charge in [-0.1, -0.05) is 36.4 Å². The quantitative estimate of drug-likeness (QED) is 0.493. The molecule has 0 amide bonds. The van der Waals surface area contributed by atoms with Gasteiger partial charge in [0.25, 0.3) is 0 Å². The van der Waals surface area contributed by atoms with Crippen molar-refractivity contribution in [2.24, 2.45) is 0 Å². The van der Waals surface area contributed by atoms with Crippen LogP contribution in [0.15, 0.2) is 61.1 Å². The van der Waals surface area contributed by atoms with Crippen LogP contribution in [0.3, 0.4) is 0 Å².